The van der Waals surface area contributed by atoms with E-state index in [9.17, 15) is 35.5 Å². The molecule has 0 atom stereocenters. The number of hydrogen-bond donors (Lipinski definition) is 0. The summed E-state index contributed by atoms with van der Waals surface area (Å²) < 4.78 is 105. The van der Waals surface area contributed by atoms with Gasteiger partial charge >= 0.3 is 12.1 Å². The van der Waals surface area contributed by atoms with Crippen molar-refractivity contribution in [3.63, 3.8) is 0 Å². The van der Waals surface area contributed by atoms with Gasteiger partial charge in [-0.15, -0.1) is 0 Å². The molecule has 3 rings (SSSR count). The number of allylic oxidation sites excluding steroid dienone is 1. The highest BCUT2D eigenvalue weighted by Gasteiger charge is 2.38. The summed E-state index contributed by atoms with van der Waals surface area (Å²) in [5.41, 5.74) is -3.11. The topological polar surface area (TPSA) is 35.5 Å². The number of halogens is 7. The number of carbonyl (C=O) groups excluding carboxylic acids is 1. The molecule has 10 heteroatoms. The summed E-state index contributed by atoms with van der Waals surface area (Å²) in [5.74, 6) is -8.30. The highest BCUT2D eigenvalue weighted by atomic mass is 19.4. The van der Waals surface area contributed by atoms with Gasteiger partial charge in [0, 0.05) is 17.5 Å². The summed E-state index contributed by atoms with van der Waals surface area (Å²) in [6, 6.07) is 4.55. The average Bonchev–Trinajstić information content (AvgIpc) is 2.66. The summed E-state index contributed by atoms with van der Waals surface area (Å²) in [5, 5.41) is -0.939. The van der Waals surface area contributed by atoms with Crippen molar-refractivity contribution in [1.82, 2.24) is 0 Å². The molecule has 0 heterocycles. The zero-order valence-electron chi connectivity index (χ0n) is 16.2. The van der Waals surface area contributed by atoms with Crippen LogP contribution in [-0.4, -0.2) is 12.6 Å². The number of rotatable bonds is 5. The van der Waals surface area contributed by atoms with Gasteiger partial charge in [-0.2, -0.15) is 13.2 Å². The lowest BCUT2D eigenvalue weighted by Gasteiger charge is -2.12. The van der Waals surface area contributed by atoms with Gasteiger partial charge in [0.1, 0.15) is 52.5 Å². The van der Waals surface area contributed by atoms with E-state index in [1.54, 1.807) is 19.1 Å². The molecular formula is C22H13F7O3. The van der Waals surface area contributed by atoms with Gasteiger partial charge in [-0.25, -0.2) is 22.4 Å². The van der Waals surface area contributed by atoms with Crippen molar-refractivity contribution in [2.24, 2.45) is 0 Å². The van der Waals surface area contributed by atoms with Crippen molar-refractivity contribution >= 4 is 16.7 Å². The van der Waals surface area contributed by atoms with Crippen molar-refractivity contribution in [3.05, 3.63) is 82.9 Å². The molecule has 0 aliphatic carbocycles. The largest absolute Gasteiger partial charge is 0.489 e. The van der Waals surface area contributed by atoms with Crippen LogP contribution in [0.4, 0.5) is 30.7 Å². The highest BCUT2D eigenvalue weighted by Crippen LogP contribution is 2.37. The van der Waals surface area contributed by atoms with Crippen LogP contribution in [0.15, 0.2) is 48.6 Å². The standard InChI is InChI=1S/C22H13F7O3/c1-2-3-6-31-13-9-15(23)18(16(24)10-13)21(30)32-12-4-5-14-11(7-12)8-17(25)19(20(14)26)22(27,28)29/h2-5,7-10H,6H2,1H3. The minimum Gasteiger partial charge on any atom is -0.489 e. The van der Waals surface area contributed by atoms with Gasteiger partial charge in [-0.05, 0) is 36.6 Å². The van der Waals surface area contributed by atoms with Crippen LogP contribution in [0.1, 0.15) is 22.8 Å². The van der Waals surface area contributed by atoms with Crippen molar-refractivity contribution in [3.8, 4) is 11.5 Å². The van der Waals surface area contributed by atoms with Gasteiger partial charge < -0.3 is 9.47 Å². The number of carbonyl (C=O) groups is 1. The molecule has 0 radical (unpaired) electrons. The fourth-order valence-electron chi connectivity index (χ4n) is 2.86. The zero-order valence-corrected chi connectivity index (χ0v) is 16.2. The number of ether oxygens (including phenoxy) is 2. The minimum absolute atomic E-state index is 0.0411. The van der Waals surface area contributed by atoms with Crippen LogP contribution in [0.2, 0.25) is 0 Å². The first kappa shape index (κ1) is 23.1. The number of benzene rings is 3. The fourth-order valence-corrected chi connectivity index (χ4v) is 2.86. The molecule has 0 saturated carbocycles. The first-order valence-electron chi connectivity index (χ1n) is 8.97. The van der Waals surface area contributed by atoms with E-state index >= 15 is 0 Å². The van der Waals surface area contributed by atoms with Crippen molar-refractivity contribution in [2.45, 2.75) is 13.1 Å². The highest BCUT2D eigenvalue weighted by molar-refractivity contribution is 5.93. The molecule has 0 N–H and O–H groups in total. The van der Waals surface area contributed by atoms with E-state index < -0.39 is 57.7 Å². The molecular weight excluding hydrogens is 445 g/mol. The smallest absolute Gasteiger partial charge is 0.422 e. The summed E-state index contributed by atoms with van der Waals surface area (Å²) in [4.78, 5) is 12.2. The molecule has 0 amide bonds. The Balaban J connectivity index is 1.90. The van der Waals surface area contributed by atoms with E-state index in [4.69, 9.17) is 9.47 Å². The van der Waals surface area contributed by atoms with E-state index in [1.807, 2.05) is 0 Å². The van der Waals surface area contributed by atoms with Crippen LogP contribution < -0.4 is 9.47 Å². The third-order valence-corrected chi connectivity index (χ3v) is 4.30. The van der Waals surface area contributed by atoms with Gasteiger partial charge in [-0.1, -0.05) is 12.2 Å². The zero-order chi connectivity index (χ0) is 23.6. The monoisotopic (exact) mass is 458 g/mol. The third-order valence-electron chi connectivity index (χ3n) is 4.30. The Kier molecular flexibility index (Phi) is 6.42. The van der Waals surface area contributed by atoms with Crippen LogP contribution in [-0.2, 0) is 6.18 Å². The van der Waals surface area contributed by atoms with Crippen LogP contribution in [0.5, 0.6) is 11.5 Å². The number of hydrogen-bond acceptors (Lipinski definition) is 3. The van der Waals surface area contributed by atoms with Crippen LogP contribution >= 0.6 is 0 Å². The predicted molar refractivity (Wildman–Crippen MR) is 100 cm³/mol. The average molecular weight is 458 g/mol. The summed E-state index contributed by atoms with van der Waals surface area (Å²) in [6.45, 7) is 1.76. The maximum absolute atomic E-state index is 14.2. The quantitative estimate of drug-likeness (QED) is 0.187. The van der Waals surface area contributed by atoms with Gasteiger partial charge in [0.2, 0.25) is 0 Å². The molecule has 0 spiro atoms. The fraction of sp³-hybridized carbons (Fsp3) is 0.136. The second-order valence-electron chi connectivity index (χ2n) is 6.46. The number of alkyl halides is 3. The van der Waals surface area contributed by atoms with Crippen molar-refractivity contribution in [2.75, 3.05) is 6.61 Å². The second-order valence-corrected chi connectivity index (χ2v) is 6.46. The van der Waals surface area contributed by atoms with Crippen LogP contribution in [0, 0.1) is 23.3 Å². The van der Waals surface area contributed by atoms with Gasteiger partial charge in [0.15, 0.2) is 0 Å². The van der Waals surface area contributed by atoms with Crippen molar-refractivity contribution < 1.29 is 45.0 Å². The lowest BCUT2D eigenvalue weighted by atomic mass is 10.0. The normalized spacial score (nSPS) is 11.9. The summed E-state index contributed by atoms with van der Waals surface area (Å²) in [6.07, 6.45) is -2.02. The van der Waals surface area contributed by atoms with E-state index in [0.29, 0.717) is 6.07 Å². The molecule has 3 aromatic carbocycles. The predicted octanol–water partition coefficient (Wildman–Crippen LogP) is 6.59. The van der Waals surface area contributed by atoms with Gasteiger partial charge in [0.05, 0.1) is 0 Å². The second kappa shape index (κ2) is 8.89. The Morgan fingerprint density at radius 2 is 1.59 bits per heavy atom. The molecule has 0 saturated heterocycles. The maximum atomic E-state index is 14.2. The van der Waals surface area contributed by atoms with E-state index in [0.717, 1.165) is 30.3 Å². The molecule has 0 fully saturated rings. The molecule has 3 aromatic rings. The molecule has 168 valence electrons. The number of fused-ring (bicyclic) bond motifs is 1. The Morgan fingerprint density at radius 1 is 0.938 bits per heavy atom. The minimum atomic E-state index is -5.26. The third kappa shape index (κ3) is 4.68. The maximum Gasteiger partial charge on any atom is 0.422 e. The molecule has 3 nitrogen and oxygen atoms in total. The summed E-state index contributed by atoms with van der Waals surface area (Å²) in [7, 11) is 0. The van der Waals surface area contributed by atoms with Crippen LogP contribution in [0.25, 0.3) is 10.8 Å². The number of esters is 1. The first-order chi connectivity index (χ1) is 15.0. The Hall–Kier alpha value is -3.56. The van der Waals surface area contributed by atoms with Crippen molar-refractivity contribution in [1.29, 1.82) is 0 Å². The van der Waals surface area contributed by atoms with E-state index in [1.165, 1.54) is 0 Å². The Morgan fingerprint density at radius 3 is 2.19 bits per heavy atom. The summed E-state index contributed by atoms with van der Waals surface area (Å²) >= 11 is 0. The Labute approximate surface area is 176 Å². The molecule has 0 aliphatic heterocycles. The lowest BCUT2D eigenvalue weighted by Crippen LogP contribution is -2.14. The molecule has 0 bridgehead atoms. The first-order valence-corrected chi connectivity index (χ1v) is 8.97. The molecule has 0 aromatic heterocycles. The van der Waals surface area contributed by atoms with Gasteiger partial charge in [-0.3, -0.25) is 0 Å². The SMILES string of the molecule is CC=CCOc1cc(F)c(C(=O)Oc2ccc3c(F)c(C(F)(F)F)c(F)cc3c2)c(F)c1. The van der Waals surface area contributed by atoms with Crippen LogP contribution in [0.3, 0.4) is 0 Å². The Bertz CT molecular complexity index is 1190. The van der Waals surface area contributed by atoms with E-state index in [-0.39, 0.29) is 17.7 Å². The van der Waals surface area contributed by atoms with Gasteiger partial charge in [0.25, 0.3) is 0 Å². The molecule has 0 unspecified atom stereocenters. The molecule has 0 aliphatic rings. The lowest BCUT2D eigenvalue weighted by molar-refractivity contribution is -0.142. The molecule has 32 heavy (non-hydrogen) atoms. The van der Waals surface area contributed by atoms with E-state index in [2.05, 4.69) is 0 Å².